The molecule has 1 heterocycles. The monoisotopic (exact) mass is 325 g/mol. The summed E-state index contributed by atoms with van der Waals surface area (Å²) in [7, 11) is 0. The lowest BCUT2D eigenvalue weighted by atomic mass is 10.1. The summed E-state index contributed by atoms with van der Waals surface area (Å²) < 4.78 is 1.62. The van der Waals surface area contributed by atoms with Gasteiger partial charge in [0, 0.05) is 15.8 Å². The van der Waals surface area contributed by atoms with Crippen LogP contribution in [0.15, 0.2) is 58.1 Å². The third-order valence-corrected chi connectivity index (χ3v) is 4.34. The van der Waals surface area contributed by atoms with Crippen molar-refractivity contribution in [2.45, 2.75) is 6.54 Å². The van der Waals surface area contributed by atoms with Crippen LogP contribution < -0.4 is 10.9 Å². The van der Waals surface area contributed by atoms with Crippen LogP contribution in [0.3, 0.4) is 0 Å². The lowest BCUT2D eigenvalue weighted by Crippen LogP contribution is -2.18. The third kappa shape index (κ3) is 2.09. The molecule has 0 aromatic heterocycles. The van der Waals surface area contributed by atoms with E-state index in [1.165, 1.54) is 0 Å². The Morgan fingerprint density at radius 3 is 2.30 bits per heavy atom. The van der Waals surface area contributed by atoms with Crippen LogP contribution in [0.4, 0.5) is 0 Å². The molecule has 0 fully saturated rings. The Labute approximate surface area is 134 Å². The van der Waals surface area contributed by atoms with Gasteiger partial charge < -0.3 is 0 Å². The zero-order chi connectivity index (χ0) is 16.0. The Hall–Kier alpha value is -2.79. The minimum Gasteiger partial charge on any atom is -0.287 e. The van der Waals surface area contributed by atoms with E-state index in [9.17, 15) is 9.59 Å². The molecule has 0 saturated carbocycles. The van der Waals surface area contributed by atoms with Gasteiger partial charge in [-0.25, -0.2) is 5.21 Å². The van der Waals surface area contributed by atoms with E-state index in [4.69, 9.17) is 11.6 Å². The van der Waals surface area contributed by atoms with E-state index >= 15 is 0 Å². The predicted octanol–water partition coefficient (Wildman–Crippen LogP) is 2.44. The molecule has 1 aliphatic heterocycles. The zero-order valence-corrected chi connectivity index (χ0v) is 12.7. The van der Waals surface area contributed by atoms with Crippen LogP contribution in [0, 0.1) is 10.7 Å². The standard InChI is InChI=1S/C17H12ClN3O2/c18-13-8-4-1-5-10(13)9-21-15-14(19-20-21)16(22)11-6-2-3-7-12(11)17(15)23/h1-8,19-20H,9H2. The first-order valence-corrected chi connectivity index (χ1v) is 7.50. The molecule has 0 amide bonds. The number of rotatable bonds is 2. The molecule has 2 aliphatic rings. The lowest BCUT2D eigenvalue weighted by Gasteiger charge is -2.05. The van der Waals surface area contributed by atoms with Crippen molar-refractivity contribution in [1.82, 2.24) is 15.0 Å². The molecule has 0 saturated heterocycles. The summed E-state index contributed by atoms with van der Waals surface area (Å²) in [6.07, 6.45) is 0. The molecule has 6 heteroatoms. The number of hydrogen-bond donors (Lipinski definition) is 2. The van der Waals surface area contributed by atoms with Gasteiger partial charge in [-0.1, -0.05) is 54.1 Å². The molecule has 0 bridgehead atoms. The predicted molar refractivity (Wildman–Crippen MR) is 89.0 cm³/mol. The number of H-pyrrole nitrogens is 2. The quantitative estimate of drug-likeness (QED) is 0.594. The van der Waals surface area contributed by atoms with E-state index in [-0.39, 0.29) is 16.2 Å². The number of aromatic amines is 2. The van der Waals surface area contributed by atoms with E-state index < -0.39 is 0 Å². The first-order valence-electron chi connectivity index (χ1n) is 7.12. The van der Waals surface area contributed by atoms with Gasteiger partial charge in [0.1, 0.15) is 10.7 Å². The van der Waals surface area contributed by atoms with E-state index in [1.54, 1.807) is 35.0 Å². The molecule has 1 aliphatic carbocycles. The molecule has 2 aromatic rings. The molecule has 2 aromatic carbocycles. The fourth-order valence-electron chi connectivity index (χ4n) is 2.83. The van der Waals surface area contributed by atoms with Crippen LogP contribution in [0.1, 0.15) is 5.56 Å². The fraction of sp³-hybridized carbons (Fsp3) is 0.0588. The third-order valence-electron chi connectivity index (χ3n) is 3.97. The Balaban J connectivity index is 2.05. The summed E-state index contributed by atoms with van der Waals surface area (Å²) in [5.41, 5.74) is 0.487. The first kappa shape index (κ1) is 13.8. The van der Waals surface area contributed by atoms with Crippen molar-refractivity contribution in [3.63, 3.8) is 0 Å². The molecule has 5 nitrogen and oxygen atoms in total. The highest BCUT2D eigenvalue weighted by Gasteiger charge is 2.12. The molecule has 114 valence electrons. The number of aromatic nitrogens is 3. The number of benzene rings is 2. The van der Waals surface area contributed by atoms with Gasteiger partial charge in [-0.2, -0.15) is 0 Å². The average molecular weight is 326 g/mol. The van der Waals surface area contributed by atoms with Gasteiger partial charge in [0.05, 0.1) is 6.54 Å². The normalized spacial score (nSPS) is 11.3. The van der Waals surface area contributed by atoms with Crippen molar-refractivity contribution < 1.29 is 0 Å². The zero-order valence-electron chi connectivity index (χ0n) is 12.0. The van der Waals surface area contributed by atoms with E-state index in [0.717, 1.165) is 5.56 Å². The highest BCUT2D eigenvalue weighted by Crippen LogP contribution is 2.16. The van der Waals surface area contributed by atoms with E-state index in [0.29, 0.717) is 27.7 Å². The fourth-order valence-corrected chi connectivity index (χ4v) is 3.03. The molecule has 2 N–H and O–H groups in total. The second-order valence-corrected chi connectivity index (χ2v) is 5.75. The number of nitrogens with zero attached hydrogens (tertiary/aromatic N) is 1. The van der Waals surface area contributed by atoms with Crippen LogP contribution in [0.2, 0.25) is 5.02 Å². The summed E-state index contributed by atoms with van der Waals surface area (Å²) in [5.74, 6) is 0. The van der Waals surface area contributed by atoms with Crippen LogP contribution in [-0.4, -0.2) is 15.0 Å². The van der Waals surface area contributed by atoms with Crippen LogP contribution in [0.5, 0.6) is 0 Å². The van der Waals surface area contributed by atoms with Gasteiger partial charge in [0.15, 0.2) is 0 Å². The Bertz CT molecular complexity index is 1200. The van der Waals surface area contributed by atoms with Crippen LogP contribution in [-0.2, 0) is 6.54 Å². The summed E-state index contributed by atoms with van der Waals surface area (Å²) >= 11 is 6.18. The number of halogens is 1. The molecule has 0 radical (unpaired) electrons. The van der Waals surface area contributed by atoms with E-state index in [2.05, 4.69) is 10.3 Å². The van der Waals surface area contributed by atoms with Crippen LogP contribution in [0.25, 0.3) is 10.8 Å². The lowest BCUT2D eigenvalue weighted by molar-refractivity contribution is 0.631. The second-order valence-electron chi connectivity index (χ2n) is 5.34. The molecular formula is C17H12ClN3O2. The first-order chi connectivity index (χ1) is 11.2. The highest BCUT2D eigenvalue weighted by molar-refractivity contribution is 6.31. The van der Waals surface area contributed by atoms with Gasteiger partial charge in [0.25, 0.3) is 0 Å². The number of nitrogens with one attached hydrogen (secondary N) is 2. The van der Waals surface area contributed by atoms with Crippen LogP contribution >= 0.6 is 11.6 Å². The molecule has 23 heavy (non-hydrogen) atoms. The SMILES string of the molecule is O=c1c2[nH][nH]n(Cc3ccccc3Cl)c=2c(=O)c2ccccc12. The summed E-state index contributed by atoms with van der Waals surface area (Å²) in [6.45, 7) is 0.368. The highest BCUT2D eigenvalue weighted by atomic mass is 35.5. The molecular weight excluding hydrogens is 314 g/mol. The van der Waals surface area contributed by atoms with Gasteiger partial charge in [-0.3, -0.25) is 19.4 Å². The molecule has 0 atom stereocenters. The van der Waals surface area contributed by atoms with Gasteiger partial charge >= 0.3 is 0 Å². The van der Waals surface area contributed by atoms with Gasteiger partial charge in [-0.05, 0) is 11.6 Å². The number of fused-ring (bicyclic) bond motifs is 1. The maximum Gasteiger partial charge on any atom is 0.214 e. The second kappa shape index (κ2) is 5.14. The van der Waals surface area contributed by atoms with Crippen molar-refractivity contribution in [2.75, 3.05) is 0 Å². The molecule has 0 spiro atoms. The largest absolute Gasteiger partial charge is 0.287 e. The Morgan fingerprint density at radius 1 is 0.913 bits per heavy atom. The summed E-state index contributed by atoms with van der Waals surface area (Å²) in [6, 6.07) is 14.2. The van der Waals surface area contributed by atoms with Gasteiger partial charge in [-0.15, -0.1) is 0 Å². The molecule has 4 rings (SSSR count). The minimum atomic E-state index is -0.190. The number of hydrogen-bond acceptors (Lipinski definition) is 2. The Kier molecular flexibility index (Phi) is 3.09. The minimum absolute atomic E-state index is 0.181. The maximum absolute atomic E-state index is 12.8. The van der Waals surface area contributed by atoms with Crippen molar-refractivity contribution in [2.24, 2.45) is 0 Å². The smallest absolute Gasteiger partial charge is 0.214 e. The average Bonchev–Trinajstić information content (AvgIpc) is 2.99. The summed E-state index contributed by atoms with van der Waals surface area (Å²) in [5, 5.41) is 7.75. The Morgan fingerprint density at radius 2 is 1.57 bits per heavy atom. The maximum atomic E-state index is 12.8. The molecule has 0 unspecified atom stereocenters. The van der Waals surface area contributed by atoms with Crippen molar-refractivity contribution in [1.29, 1.82) is 0 Å². The van der Waals surface area contributed by atoms with E-state index in [1.807, 2.05) is 18.2 Å². The van der Waals surface area contributed by atoms with Crippen molar-refractivity contribution >= 4 is 22.4 Å². The summed E-state index contributed by atoms with van der Waals surface area (Å²) in [4.78, 5) is 25.3. The van der Waals surface area contributed by atoms with Gasteiger partial charge in [0.2, 0.25) is 10.9 Å². The van der Waals surface area contributed by atoms with Crippen molar-refractivity contribution in [3.8, 4) is 0 Å². The topological polar surface area (TPSA) is 70.7 Å². The van der Waals surface area contributed by atoms with Crippen molar-refractivity contribution in [3.05, 3.63) is 90.3 Å².